The Morgan fingerprint density at radius 1 is 1.20 bits per heavy atom. The van der Waals surface area contributed by atoms with Crippen LogP contribution < -0.4 is 11.1 Å². The normalized spacial score (nSPS) is 15.3. The number of fused-ring (bicyclic) bond motifs is 1. The van der Waals surface area contributed by atoms with Crippen molar-refractivity contribution in [1.29, 1.82) is 0 Å². The van der Waals surface area contributed by atoms with Crippen LogP contribution >= 0.6 is 0 Å². The molecule has 0 aliphatic heterocycles. The van der Waals surface area contributed by atoms with Crippen molar-refractivity contribution in [3.8, 4) is 0 Å². The second-order valence-electron chi connectivity index (χ2n) is 7.57. The van der Waals surface area contributed by atoms with E-state index in [2.05, 4.69) is 17.4 Å². The largest absolute Gasteiger partial charge is 0.458 e. The number of nitrogens with two attached hydrogens (primary N) is 1. The van der Waals surface area contributed by atoms with Crippen LogP contribution in [-0.2, 0) is 32.0 Å². The van der Waals surface area contributed by atoms with E-state index in [0.717, 1.165) is 12.8 Å². The Morgan fingerprint density at radius 2 is 1.76 bits per heavy atom. The number of hydrogen-bond acceptors (Lipinski definition) is 4. The molecule has 0 spiro atoms. The fourth-order valence-electron chi connectivity index (χ4n) is 3.08. The second-order valence-corrected chi connectivity index (χ2v) is 7.57. The Labute approximate surface area is 148 Å². The molecule has 1 aliphatic carbocycles. The first-order valence-corrected chi connectivity index (χ1v) is 8.51. The van der Waals surface area contributed by atoms with E-state index in [4.69, 9.17) is 10.5 Å². The van der Waals surface area contributed by atoms with E-state index in [1.807, 2.05) is 12.1 Å². The highest BCUT2D eigenvalue weighted by Gasteiger charge is 2.30. The van der Waals surface area contributed by atoms with Crippen LogP contribution in [0.25, 0.3) is 0 Å². The van der Waals surface area contributed by atoms with Crippen LogP contribution in [0.15, 0.2) is 24.3 Å². The summed E-state index contributed by atoms with van der Waals surface area (Å²) in [6, 6.07) is 7.08. The SMILES string of the molecule is CC(C)(C)OC(=O)C(CC(N)=O)NC(=O)CC1Cc2ccccc2C1. The third-order valence-electron chi connectivity index (χ3n) is 4.04. The molecule has 0 saturated carbocycles. The van der Waals surface area contributed by atoms with E-state index in [1.165, 1.54) is 11.1 Å². The van der Waals surface area contributed by atoms with Crippen LogP contribution in [-0.4, -0.2) is 29.4 Å². The Bertz CT molecular complexity index is 639. The lowest BCUT2D eigenvalue weighted by molar-refractivity contribution is -0.159. The second kappa shape index (κ2) is 7.68. The molecule has 0 radical (unpaired) electrons. The van der Waals surface area contributed by atoms with Gasteiger partial charge in [0, 0.05) is 6.42 Å². The van der Waals surface area contributed by atoms with Crippen LogP contribution in [0.1, 0.15) is 44.7 Å². The fourth-order valence-corrected chi connectivity index (χ4v) is 3.08. The van der Waals surface area contributed by atoms with E-state index in [9.17, 15) is 14.4 Å². The molecule has 1 aromatic carbocycles. The van der Waals surface area contributed by atoms with E-state index in [-0.39, 0.29) is 18.2 Å². The van der Waals surface area contributed by atoms with Crippen LogP contribution in [0.3, 0.4) is 0 Å². The van der Waals surface area contributed by atoms with Crippen LogP contribution in [0.2, 0.25) is 0 Å². The summed E-state index contributed by atoms with van der Waals surface area (Å²) in [7, 11) is 0. The van der Waals surface area contributed by atoms with Gasteiger partial charge in [-0.25, -0.2) is 4.79 Å². The van der Waals surface area contributed by atoms with Gasteiger partial charge in [0.15, 0.2) is 0 Å². The zero-order valence-corrected chi connectivity index (χ0v) is 15.0. The summed E-state index contributed by atoms with van der Waals surface area (Å²) in [5.74, 6) is -1.38. The molecule has 1 aromatic rings. The predicted octanol–water partition coefficient (Wildman–Crippen LogP) is 1.49. The monoisotopic (exact) mass is 346 g/mol. The molecule has 0 saturated heterocycles. The first-order chi connectivity index (χ1) is 11.6. The van der Waals surface area contributed by atoms with Crippen molar-refractivity contribution >= 4 is 17.8 Å². The maximum absolute atomic E-state index is 12.3. The highest BCUT2D eigenvalue weighted by Crippen LogP contribution is 2.28. The number of amides is 2. The van der Waals surface area contributed by atoms with Crippen LogP contribution in [0.4, 0.5) is 0 Å². The molecular weight excluding hydrogens is 320 g/mol. The molecule has 6 nitrogen and oxygen atoms in total. The van der Waals surface area contributed by atoms with Crippen molar-refractivity contribution in [2.75, 3.05) is 0 Å². The quantitative estimate of drug-likeness (QED) is 0.763. The molecular formula is C19H26N2O4. The minimum atomic E-state index is -1.05. The van der Waals surface area contributed by atoms with Crippen molar-refractivity contribution < 1.29 is 19.1 Å². The molecule has 2 rings (SSSR count). The summed E-state index contributed by atoms with van der Waals surface area (Å²) < 4.78 is 5.26. The van der Waals surface area contributed by atoms with Crippen LogP contribution in [0, 0.1) is 5.92 Å². The zero-order valence-electron chi connectivity index (χ0n) is 15.0. The van der Waals surface area contributed by atoms with Gasteiger partial charge in [0.2, 0.25) is 11.8 Å². The summed E-state index contributed by atoms with van der Waals surface area (Å²) in [5.41, 5.74) is 7.02. The fraction of sp³-hybridized carbons (Fsp3) is 0.526. The number of primary amides is 1. The van der Waals surface area contributed by atoms with Gasteiger partial charge < -0.3 is 15.8 Å². The summed E-state index contributed by atoms with van der Waals surface area (Å²) in [5, 5.41) is 2.61. The number of carbonyl (C=O) groups is 3. The smallest absolute Gasteiger partial charge is 0.329 e. The number of benzene rings is 1. The van der Waals surface area contributed by atoms with Gasteiger partial charge in [-0.1, -0.05) is 24.3 Å². The number of hydrogen-bond donors (Lipinski definition) is 2. The summed E-state index contributed by atoms with van der Waals surface area (Å²) >= 11 is 0. The van der Waals surface area contributed by atoms with Gasteiger partial charge in [0.05, 0.1) is 6.42 Å². The molecule has 0 fully saturated rings. The Kier molecular flexibility index (Phi) is 5.82. The minimum Gasteiger partial charge on any atom is -0.458 e. The molecule has 2 amide bonds. The van der Waals surface area contributed by atoms with Crippen molar-refractivity contribution in [3.05, 3.63) is 35.4 Å². The third kappa shape index (κ3) is 5.89. The van der Waals surface area contributed by atoms with Gasteiger partial charge in [0.1, 0.15) is 11.6 Å². The lowest BCUT2D eigenvalue weighted by Crippen LogP contribution is -2.46. The molecule has 1 unspecified atom stereocenters. The highest BCUT2D eigenvalue weighted by atomic mass is 16.6. The molecule has 0 aromatic heterocycles. The van der Waals surface area contributed by atoms with Gasteiger partial charge >= 0.3 is 5.97 Å². The molecule has 3 N–H and O–H groups in total. The highest BCUT2D eigenvalue weighted by molar-refractivity contribution is 5.89. The molecule has 6 heteroatoms. The van der Waals surface area contributed by atoms with Crippen molar-refractivity contribution in [1.82, 2.24) is 5.32 Å². The Balaban J connectivity index is 1.93. The number of esters is 1. The molecule has 25 heavy (non-hydrogen) atoms. The predicted molar refractivity (Wildman–Crippen MR) is 93.5 cm³/mol. The molecule has 1 aliphatic rings. The van der Waals surface area contributed by atoms with Crippen LogP contribution in [0.5, 0.6) is 0 Å². The number of nitrogens with one attached hydrogen (secondary N) is 1. The molecule has 136 valence electrons. The van der Waals surface area contributed by atoms with Crippen molar-refractivity contribution in [2.45, 2.75) is 58.1 Å². The number of rotatable bonds is 6. The third-order valence-corrected chi connectivity index (χ3v) is 4.04. The topological polar surface area (TPSA) is 98.5 Å². The molecule has 0 bridgehead atoms. The maximum Gasteiger partial charge on any atom is 0.329 e. The number of ether oxygens (including phenoxy) is 1. The molecule has 1 atom stereocenters. The van der Waals surface area contributed by atoms with Crippen molar-refractivity contribution in [2.24, 2.45) is 11.7 Å². The van der Waals surface area contributed by atoms with Crippen molar-refractivity contribution in [3.63, 3.8) is 0 Å². The lowest BCUT2D eigenvalue weighted by atomic mass is 10.0. The lowest BCUT2D eigenvalue weighted by Gasteiger charge is -2.24. The Morgan fingerprint density at radius 3 is 2.24 bits per heavy atom. The average Bonchev–Trinajstić information content (AvgIpc) is 2.86. The summed E-state index contributed by atoms with van der Waals surface area (Å²) in [6.07, 6.45) is 1.71. The van der Waals surface area contributed by atoms with Gasteiger partial charge in [-0.15, -0.1) is 0 Å². The summed E-state index contributed by atoms with van der Waals surface area (Å²) in [6.45, 7) is 5.18. The van der Waals surface area contributed by atoms with E-state index < -0.39 is 23.5 Å². The summed E-state index contributed by atoms with van der Waals surface area (Å²) in [4.78, 5) is 35.8. The Hall–Kier alpha value is -2.37. The van der Waals surface area contributed by atoms with Gasteiger partial charge in [0.25, 0.3) is 0 Å². The zero-order chi connectivity index (χ0) is 18.6. The standard InChI is InChI=1S/C19H26N2O4/c1-19(2,3)25-18(24)15(11-16(20)22)21-17(23)10-12-8-13-6-4-5-7-14(13)9-12/h4-7,12,15H,8-11H2,1-3H3,(H2,20,22)(H,21,23). The van der Waals surface area contributed by atoms with E-state index in [0.29, 0.717) is 6.42 Å². The maximum atomic E-state index is 12.3. The number of carbonyl (C=O) groups excluding carboxylic acids is 3. The first kappa shape index (κ1) is 19.0. The molecule has 0 heterocycles. The van der Waals surface area contributed by atoms with Gasteiger partial charge in [-0.3, -0.25) is 9.59 Å². The minimum absolute atomic E-state index is 0.199. The van der Waals surface area contributed by atoms with E-state index >= 15 is 0 Å². The van der Waals surface area contributed by atoms with Gasteiger partial charge in [-0.05, 0) is 50.7 Å². The first-order valence-electron chi connectivity index (χ1n) is 8.51. The van der Waals surface area contributed by atoms with E-state index in [1.54, 1.807) is 20.8 Å². The average molecular weight is 346 g/mol. The van der Waals surface area contributed by atoms with Gasteiger partial charge in [-0.2, -0.15) is 0 Å².